The van der Waals surface area contributed by atoms with Crippen LogP contribution >= 0.6 is 11.3 Å². The molecule has 3 rings (SSSR count). The van der Waals surface area contributed by atoms with E-state index in [2.05, 4.69) is 43.4 Å². The molecule has 2 aromatic rings. The molecule has 0 spiro atoms. The molecule has 0 aliphatic heterocycles. The number of aromatic nitrogens is 1. The maximum atomic E-state index is 4.71. The molecule has 3 heteroatoms. The zero-order chi connectivity index (χ0) is 11.8. The van der Waals surface area contributed by atoms with Crippen molar-refractivity contribution < 1.29 is 0 Å². The number of benzene rings is 1. The maximum absolute atomic E-state index is 4.71. The highest BCUT2D eigenvalue weighted by Gasteiger charge is 2.22. The predicted octanol–water partition coefficient (Wildman–Crippen LogP) is 3.78. The molecule has 2 nitrogen and oxygen atoms in total. The maximum Gasteiger partial charge on any atom is 0.183 e. The normalized spacial score (nSPS) is 12.6. The Bertz CT molecular complexity index is 543. The van der Waals surface area contributed by atoms with Crippen LogP contribution in [-0.4, -0.2) is 11.5 Å². The van der Waals surface area contributed by atoms with Crippen LogP contribution in [0, 0.1) is 5.92 Å². The highest BCUT2D eigenvalue weighted by Crippen LogP contribution is 2.40. The lowest BCUT2D eigenvalue weighted by molar-refractivity contribution is 0.688. The Morgan fingerprint density at radius 1 is 1.35 bits per heavy atom. The minimum Gasteiger partial charge on any atom is -0.361 e. The fraction of sp³-hybridized carbons (Fsp3) is 0.357. The quantitative estimate of drug-likeness (QED) is 0.758. The van der Waals surface area contributed by atoms with Gasteiger partial charge in [-0.05, 0) is 11.5 Å². The first-order valence-corrected chi connectivity index (χ1v) is 6.87. The Morgan fingerprint density at radius 3 is 3.00 bits per heavy atom. The molecule has 0 unspecified atom stereocenters. The number of hydrogen-bond acceptors (Lipinski definition) is 3. The van der Waals surface area contributed by atoms with E-state index in [1.165, 1.54) is 21.7 Å². The number of nitrogens with zero attached hydrogens (tertiary/aromatic N) is 1. The van der Waals surface area contributed by atoms with Gasteiger partial charge in [-0.2, -0.15) is 0 Å². The van der Waals surface area contributed by atoms with Gasteiger partial charge in [0.15, 0.2) is 5.13 Å². The first-order valence-electron chi connectivity index (χ1n) is 6.06. The van der Waals surface area contributed by atoms with Crippen LogP contribution in [0.4, 0.5) is 5.13 Å². The van der Waals surface area contributed by atoms with Crippen molar-refractivity contribution in [3.63, 3.8) is 0 Å². The smallest absolute Gasteiger partial charge is 0.183 e. The van der Waals surface area contributed by atoms with Crippen LogP contribution in [0.2, 0.25) is 0 Å². The van der Waals surface area contributed by atoms with Crippen molar-refractivity contribution in [2.45, 2.75) is 20.3 Å². The molecule has 1 aliphatic rings. The van der Waals surface area contributed by atoms with Crippen molar-refractivity contribution in [3.8, 4) is 11.3 Å². The van der Waals surface area contributed by atoms with Crippen molar-refractivity contribution in [3.05, 3.63) is 34.7 Å². The van der Waals surface area contributed by atoms with E-state index in [4.69, 9.17) is 4.98 Å². The fourth-order valence-corrected chi connectivity index (χ4v) is 3.13. The van der Waals surface area contributed by atoms with E-state index < -0.39 is 0 Å². The highest BCUT2D eigenvalue weighted by atomic mass is 32.1. The summed E-state index contributed by atoms with van der Waals surface area (Å²) in [6.45, 7) is 5.42. The minimum absolute atomic E-state index is 0.654. The van der Waals surface area contributed by atoms with Crippen LogP contribution in [0.1, 0.15) is 24.3 Å². The number of fused-ring (bicyclic) bond motifs is 3. The number of nitrogens with one attached hydrogen (secondary N) is 1. The van der Waals surface area contributed by atoms with Gasteiger partial charge in [-0.3, -0.25) is 0 Å². The van der Waals surface area contributed by atoms with Gasteiger partial charge in [0.25, 0.3) is 0 Å². The lowest BCUT2D eigenvalue weighted by Gasteiger charge is -2.05. The molecule has 0 saturated carbocycles. The molecule has 0 bridgehead atoms. The molecule has 0 amide bonds. The molecule has 1 aliphatic carbocycles. The molecule has 1 aromatic carbocycles. The van der Waals surface area contributed by atoms with Crippen LogP contribution in [0.25, 0.3) is 11.3 Å². The van der Waals surface area contributed by atoms with Gasteiger partial charge in [-0.1, -0.05) is 38.1 Å². The summed E-state index contributed by atoms with van der Waals surface area (Å²) >= 11 is 1.80. The van der Waals surface area contributed by atoms with Gasteiger partial charge in [-0.15, -0.1) is 11.3 Å². The summed E-state index contributed by atoms with van der Waals surface area (Å²) in [5, 5.41) is 4.48. The third-order valence-electron chi connectivity index (χ3n) is 2.98. The summed E-state index contributed by atoms with van der Waals surface area (Å²) in [5.74, 6) is 0.654. The zero-order valence-electron chi connectivity index (χ0n) is 10.2. The summed E-state index contributed by atoms with van der Waals surface area (Å²) < 4.78 is 0. The molecule has 1 aromatic heterocycles. The Labute approximate surface area is 106 Å². The number of hydrogen-bond donors (Lipinski definition) is 1. The van der Waals surface area contributed by atoms with Crippen LogP contribution in [-0.2, 0) is 6.42 Å². The monoisotopic (exact) mass is 244 g/mol. The Balaban J connectivity index is 1.88. The second-order valence-electron chi connectivity index (χ2n) is 4.90. The number of rotatable bonds is 3. The fourth-order valence-electron chi connectivity index (χ4n) is 2.13. The first-order chi connectivity index (χ1) is 8.24. The molecular weight excluding hydrogens is 228 g/mol. The summed E-state index contributed by atoms with van der Waals surface area (Å²) in [7, 11) is 0. The Morgan fingerprint density at radius 2 is 2.18 bits per heavy atom. The zero-order valence-corrected chi connectivity index (χ0v) is 11.0. The SMILES string of the molecule is CC(C)CNc1nc2c(s1)Cc1ccccc1-2. The van der Waals surface area contributed by atoms with Crippen LogP contribution in [0.15, 0.2) is 24.3 Å². The Kier molecular flexibility index (Phi) is 2.63. The molecule has 0 atom stereocenters. The lowest BCUT2D eigenvalue weighted by Crippen LogP contribution is -2.07. The van der Waals surface area contributed by atoms with Crippen molar-refractivity contribution in [1.29, 1.82) is 0 Å². The second kappa shape index (κ2) is 4.15. The van der Waals surface area contributed by atoms with Gasteiger partial charge in [0.05, 0.1) is 5.69 Å². The van der Waals surface area contributed by atoms with Gasteiger partial charge in [0.2, 0.25) is 0 Å². The van der Waals surface area contributed by atoms with Crippen LogP contribution in [0.5, 0.6) is 0 Å². The minimum atomic E-state index is 0.654. The van der Waals surface area contributed by atoms with Crippen molar-refractivity contribution in [2.75, 3.05) is 11.9 Å². The van der Waals surface area contributed by atoms with Crippen LogP contribution < -0.4 is 5.32 Å². The van der Waals surface area contributed by atoms with Crippen LogP contribution in [0.3, 0.4) is 0 Å². The second-order valence-corrected chi connectivity index (χ2v) is 5.98. The van der Waals surface area contributed by atoms with Crippen molar-refractivity contribution in [2.24, 2.45) is 5.92 Å². The molecule has 17 heavy (non-hydrogen) atoms. The molecular formula is C14H16N2S. The summed E-state index contributed by atoms with van der Waals surface area (Å²) in [6, 6.07) is 8.57. The first kappa shape index (κ1) is 10.8. The molecule has 1 heterocycles. The van der Waals surface area contributed by atoms with Gasteiger partial charge in [-0.25, -0.2) is 4.98 Å². The standard InChI is InChI=1S/C14H16N2S/c1-9(2)8-15-14-16-13-11-6-4-3-5-10(11)7-12(13)17-14/h3-6,9H,7-8H2,1-2H3,(H,15,16). The van der Waals surface area contributed by atoms with Gasteiger partial charge in [0, 0.05) is 23.4 Å². The Hall–Kier alpha value is -1.35. The van der Waals surface area contributed by atoms with Crippen molar-refractivity contribution >= 4 is 16.5 Å². The van der Waals surface area contributed by atoms with E-state index in [9.17, 15) is 0 Å². The van der Waals surface area contributed by atoms with E-state index in [1.54, 1.807) is 11.3 Å². The molecule has 88 valence electrons. The van der Waals surface area contributed by atoms with E-state index in [0.717, 1.165) is 18.1 Å². The third kappa shape index (κ3) is 1.95. The van der Waals surface area contributed by atoms with Gasteiger partial charge < -0.3 is 5.32 Å². The average Bonchev–Trinajstić information content (AvgIpc) is 2.83. The van der Waals surface area contributed by atoms with E-state index in [-0.39, 0.29) is 0 Å². The van der Waals surface area contributed by atoms with E-state index in [1.807, 2.05) is 0 Å². The van der Waals surface area contributed by atoms with Gasteiger partial charge in [0.1, 0.15) is 0 Å². The highest BCUT2D eigenvalue weighted by molar-refractivity contribution is 7.16. The summed E-state index contributed by atoms with van der Waals surface area (Å²) in [5.41, 5.74) is 3.92. The van der Waals surface area contributed by atoms with E-state index >= 15 is 0 Å². The number of anilines is 1. The third-order valence-corrected chi connectivity index (χ3v) is 4.00. The lowest BCUT2D eigenvalue weighted by atomic mass is 10.1. The summed E-state index contributed by atoms with van der Waals surface area (Å²) in [4.78, 5) is 6.11. The molecule has 0 saturated heterocycles. The number of thiazole rings is 1. The largest absolute Gasteiger partial charge is 0.361 e. The molecule has 0 fully saturated rings. The predicted molar refractivity (Wildman–Crippen MR) is 73.7 cm³/mol. The van der Waals surface area contributed by atoms with Crippen molar-refractivity contribution in [1.82, 2.24) is 4.98 Å². The van der Waals surface area contributed by atoms with E-state index in [0.29, 0.717) is 5.92 Å². The molecule has 0 radical (unpaired) electrons. The van der Waals surface area contributed by atoms with Gasteiger partial charge >= 0.3 is 0 Å². The molecule has 1 N–H and O–H groups in total. The average molecular weight is 244 g/mol. The summed E-state index contributed by atoms with van der Waals surface area (Å²) in [6.07, 6.45) is 1.05. The topological polar surface area (TPSA) is 24.9 Å².